The number of aliphatic hydroxyl groups is 1. The van der Waals surface area contributed by atoms with E-state index < -0.39 is 0 Å². The number of hydrogen-bond donors (Lipinski definition) is 1. The highest BCUT2D eigenvalue weighted by Crippen LogP contribution is 2.10. The minimum absolute atomic E-state index is 0.111. The fourth-order valence-corrected chi connectivity index (χ4v) is 1.25. The van der Waals surface area contributed by atoms with Crippen molar-refractivity contribution in [3.8, 4) is 11.8 Å². The van der Waals surface area contributed by atoms with Crippen LogP contribution in [0.4, 0.5) is 0 Å². The molecule has 0 aliphatic rings. The summed E-state index contributed by atoms with van der Waals surface area (Å²) < 4.78 is 5.67. The van der Waals surface area contributed by atoms with E-state index in [1.165, 1.54) is 0 Å². The molecule has 0 spiro atoms. The Hall–Kier alpha value is -1.30. The largest absolute Gasteiger partial charge is 0.384 e. The molecule has 0 amide bonds. The van der Waals surface area contributed by atoms with Crippen molar-refractivity contribution in [2.24, 2.45) is 0 Å². The van der Waals surface area contributed by atoms with Crippen molar-refractivity contribution in [1.29, 1.82) is 0 Å². The van der Waals surface area contributed by atoms with Crippen molar-refractivity contribution in [3.63, 3.8) is 0 Å². The van der Waals surface area contributed by atoms with Gasteiger partial charge in [0.2, 0.25) is 0 Å². The van der Waals surface area contributed by atoms with Gasteiger partial charge in [0.1, 0.15) is 6.61 Å². The summed E-state index contributed by atoms with van der Waals surface area (Å²) in [5, 5.41) is 8.67. The first-order valence-corrected chi connectivity index (χ1v) is 5.57. The Morgan fingerprint density at radius 1 is 1.38 bits per heavy atom. The highest BCUT2D eigenvalue weighted by atomic mass is 16.5. The average Bonchev–Trinajstić information content (AvgIpc) is 2.34. The molecule has 1 unspecified atom stereocenters. The first-order valence-electron chi connectivity index (χ1n) is 5.57. The highest BCUT2D eigenvalue weighted by molar-refractivity contribution is 5.40. The molecule has 0 radical (unpaired) electrons. The smallest absolute Gasteiger partial charge is 0.104 e. The zero-order valence-corrected chi connectivity index (χ0v) is 9.86. The third kappa shape index (κ3) is 4.06. The van der Waals surface area contributed by atoms with Gasteiger partial charge in [-0.1, -0.05) is 37.0 Å². The van der Waals surface area contributed by atoms with Gasteiger partial charge < -0.3 is 9.84 Å². The topological polar surface area (TPSA) is 29.5 Å². The molecule has 0 heterocycles. The molecule has 1 atom stereocenters. The Balaban J connectivity index is 2.71. The van der Waals surface area contributed by atoms with Gasteiger partial charge in [-0.05, 0) is 25.0 Å². The number of benzene rings is 1. The summed E-state index contributed by atoms with van der Waals surface area (Å²) >= 11 is 0. The van der Waals surface area contributed by atoms with Gasteiger partial charge in [0.15, 0.2) is 0 Å². The van der Waals surface area contributed by atoms with Crippen LogP contribution in [0.5, 0.6) is 0 Å². The van der Waals surface area contributed by atoms with E-state index in [1.54, 1.807) is 0 Å². The van der Waals surface area contributed by atoms with Gasteiger partial charge in [0, 0.05) is 5.56 Å². The number of hydrogen-bond acceptors (Lipinski definition) is 2. The van der Waals surface area contributed by atoms with Gasteiger partial charge in [0.25, 0.3) is 0 Å². The predicted octanol–water partition coefficient (Wildman–Crippen LogP) is 2.35. The van der Waals surface area contributed by atoms with Crippen LogP contribution in [0.3, 0.4) is 0 Å². The van der Waals surface area contributed by atoms with Gasteiger partial charge in [-0.15, -0.1) is 0 Å². The first kappa shape index (κ1) is 12.8. The van der Waals surface area contributed by atoms with Crippen LogP contribution in [0.25, 0.3) is 0 Å². The van der Waals surface area contributed by atoms with Crippen LogP contribution in [0.2, 0.25) is 0 Å². The fourth-order valence-electron chi connectivity index (χ4n) is 1.25. The molecular formula is C14H18O2. The van der Waals surface area contributed by atoms with Gasteiger partial charge in [-0.3, -0.25) is 0 Å². The Morgan fingerprint density at radius 2 is 2.12 bits per heavy atom. The SMILES string of the molecule is CCC(C)OCc1ccccc1C#CCO. The fraction of sp³-hybridized carbons (Fsp3) is 0.429. The molecule has 0 saturated heterocycles. The molecule has 0 fully saturated rings. The number of ether oxygens (including phenoxy) is 1. The summed E-state index contributed by atoms with van der Waals surface area (Å²) in [5.74, 6) is 5.58. The van der Waals surface area contributed by atoms with Crippen molar-refractivity contribution in [1.82, 2.24) is 0 Å². The summed E-state index contributed by atoms with van der Waals surface area (Å²) in [4.78, 5) is 0. The summed E-state index contributed by atoms with van der Waals surface area (Å²) in [6, 6.07) is 7.86. The zero-order chi connectivity index (χ0) is 11.8. The van der Waals surface area contributed by atoms with Crippen LogP contribution in [-0.2, 0) is 11.3 Å². The molecule has 1 aromatic rings. The van der Waals surface area contributed by atoms with E-state index in [2.05, 4.69) is 25.7 Å². The molecule has 0 aliphatic carbocycles. The van der Waals surface area contributed by atoms with Crippen LogP contribution < -0.4 is 0 Å². The van der Waals surface area contributed by atoms with Crippen LogP contribution >= 0.6 is 0 Å². The molecule has 86 valence electrons. The molecule has 0 saturated carbocycles. The van der Waals surface area contributed by atoms with Gasteiger partial charge >= 0.3 is 0 Å². The minimum atomic E-state index is -0.111. The molecule has 1 rings (SSSR count). The van der Waals surface area contributed by atoms with Gasteiger partial charge in [-0.2, -0.15) is 0 Å². The molecule has 16 heavy (non-hydrogen) atoms. The standard InChI is InChI=1S/C14H18O2/c1-3-12(2)16-11-14-8-5-4-7-13(14)9-6-10-15/h4-5,7-8,12,15H,3,10-11H2,1-2H3. The Kier molecular flexibility index (Phi) is 5.63. The maximum absolute atomic E-state index is 8.67. The van der Waals surface area contributed by atoms with E-state index in [4.69, 9.17) is 9.84 Å². The molecule has 1 aromatic carbocycles. The maximum Gasteiger partial charge on any atom is 0.104 e. The van der Waals surface area contributed by atoms with Crippen LogP contribution in [0.1, 0.15) is 31.4 Å². The highest BCUT2D eigenvalue weighted by Gasteiger charge is 2.02. The van der Waals surface area contributed by atoms with Gasteiger partial charge in [-0.25, -0.2) is 0 Å². The lowest BCUT2D eigenvalue weighted by Gasteiger charge is -2.11. The van der Waals surface area contributed by atoms with E-state index in [9.17, 15) is 0 Å². The second-order valence-electron chi connectivity index (χ2n) is 3.65. The molecular weight excluding hydrogens is 200 g/mol. The second-order valence-corrected chi connectivity index (χ2v) is 3.65. The van der Waals surface area contributed by atoms with Crippen molar-refractivity contribution in [2.75, 3.05) is 6.61 Å². The molecule has 0 bridgehead atoms. The zero-order valence-electron chi connectivity index (χ0n) is 9.86. The molecule has 0 aromatic heterocycles. The predicted molar refractivity (Wildman–Crippen MR) is 64.9 cm³/mol. The number of aliphatic hydroxyl groups excluding tert-OH is 1. The summed E-state index contributed by atoms with van der Waals surface area (Å²) in [6.07, 6.45) is 1.27. The van der Waals surface area contributed by atoms with Crippen LogP contribution in [-0.4, -0.2) is 17.8 Å². The van der Waals surface area contributed by atoms with Gasteiger partial charge in [0.05, 0.1) is 12.7 Å². The Bertz CT molecular complexity index is 374. The van der Waals surface area contributed by atoms with Crippen molar-refractivity contribution in [2.45, 2.75) is 33.0 Å². The summed E-state index contributed by atoms with van der Waals surface area (Å²) in [5.41, 5.74) is 2.00. The maximum atomic E-state index is 8.67. The lowest BCUT2D eigenvalue weighted by molar-refractivity contribution is 0.0507. The third-order valence-corrected chi connectivity index (χ3v) is 2.42. The van der Waals surface area contributed by atoms with Crippen LogP contribution in [0.15, 0.2) is 24.3 Å². The van der Waals surface area contributed by atoms with E-state index >= 15 is 0 Å². The minimum Gasteiger partial charge on any atom is -0.384 e. The summed E-state index contributed by atoms with van der Waals surface area (Å²) in [7, 11) is 0. The van der Waals surface area contributed by atoms with Crippen molar-refractivity contribution >= 4 is 0 Å². The second kappa shape index (κ2) is 7.05. The monoisotopic (exact) mass is 218 g/mol. The summed E-state index contributed by atoms with van der Waals surface area (Å²) in [6.45, 7) is 4.62. The van der Waals surface area contributed by atoms with E-state index in [1.807, 2.05) is 24.3 Å². The molecule has 0 aliphatic heterocycles. The molecule has 2 heteroatoms. The third-order valence-electron chi connectivity index (χ3n) is 2.42. The first-order chi connectivity index (χ1) is 7.77. The van der Waals surface area contributed by atoms with Crippen molar-refractivity contribution in [3.05, 3.63) is 35.4 Å². The van der Waals surface area contributed by atoms with Crippen molar-refractivity contribution < 1.29 is 9.84 Å². The lowest BCUT2D eigenvalue weighted by atomic mass is 10.1. The normalized spacial score (nSPS) is 11.7. The van der Waals surface area contributed by atoms with E-state index in [-0.39, 0.29) is 12.7 Å². The van der Waals surface area contributed by atoms with Crippen LogP contribution in [0, 0.1) is 11.8 Å². The van der Waals surface area contributed by atoms with E-state index in [0.29, 0.717) is 6.61 Å². The Labute approximate surface area is 97.3 Å². The van der Waals surface area contributed by atoms with E-state index in [0.717, 1.165) is 17.5 Å². The molecule has 1 N–H and O–H groups in total. The Morgan fingerprint density at radius 3 is 2.81 bits per heavy atom. The average molecular weight is 218 g/mol. The molecule has 2 nitrogen and oxygen atoms in total. The lowest BCUT2D eigenvalue weighted by Crippen LogP contribution is -2.06. The quantitative estimate of drug-likeness (QED) is 0.786. The number of rotatable bonds is 4.